The third kappa shape index (κ3) is 7.03. The van der Waals surface area contributed by atoms with Crippen molar-refractivity contribution in [3.05, 3.63) is 53.6 Å². The molecule has 0 aliphatic rings. The molecule has 6 nitrogen and oxygen atoms in total. The maximum Gasteiger partial charge on any atom is 0.309 e. The average molecular weight is 378 g/mol. The molecule has 0 spiro atoms. The van der Waals surface area contributed by atoms with Crippen molar-refractivity contribution >= 4 is 29.2 Å². The topological polar surface area (TPSA) is 73.9 Å². The van der Waals surface area contributed by atoms with E-state index >= 15 is 0 Å². The first kappa shape index (κ1) is 19.6. The van der Waals surface area contributed by atoms with Gasteiger partial charge >= 0.3 is 5.97 Å². The van der Waals surface area contributed by atoms with Crippen LogP contribution >= 0.6 is 11.6 Å². The SMILES string of the molecule is CCOc1ccc(OCCC(=O)OCC(=O)Nc2cccc(Cl)c2)cc1. The quantitative estimate of drug-likeness (QED) is 0.674. The Morgan fingerprint density at radius 1 is 1.04 bits per heavy atom. The molecule has 1 amide bonds. The molecule has 0 fully saturated rings. The van der Waals surface area contributed by atoms with Crippen molar-refractivity contribution in [3.8, 4) is 11.5 Å². The summed E-state index contributed by atoms with van der Waals surface area (Å²) in [6.07, 6.45) is 0.0393. The first-order chi connectivity index (χ1) is 12.6. The average Bonchev–Trinajstić information content (AvgIpc) is 2.62. The summed E-state index contributed by atoms with van der Waals surface area (Å²) in [5, 5.41) is 3.10. The highest BCUT2D eigenvalue weighted by Gasteiger charge is 2.08. The summed E-state index contributed by atoms with van der Waals surface area (Å²) >= 11 is 5.83. The maximum atomic E-state index is 11.7. The number of amides is 1. The lowest BCUT2D eigenvalue weighted by atomic mass is 10.3. The molecule has 0 aliphatic carbocycles. The van der Waals surface area contributed by atoms with Crippen LogP contribution in [0.5, 0.6) is 11.5 Å². The van der Waals surface area contributed by atoms with Gasteiger partial charge in [-0.1, -0.05) is 17.7 Å². The van der Waals surface area contributed by atoms with Crippen LogP contribution in [0.15, 0.2) is 48.5 Å². The predicted molar refractivity (Wildman–Crippen MR) is 98.8 cm³/mol. The van der Waals surface area contributed by atoms with Gasteiger partial charge in [0, 0.05) is 10.7 Å². The van der Waals surface area contributed by atoms with Gasteiger partial charge in [-0.15, -0.1) is 0 Å². The van der Waals surface area contributed by atoms with Gasteiger partial charge in [0.15, 0.2) is 6.61 Å². The largest absolute Gasteiger partial charge is 0.494 e. The number of hydrogen-bond donors (Lipinski definition) is 1. The third-order valence-corrected chi connectivity index (χ3v) is 3.42. The minimum Gasteiger partial charge on any atom is -0.494 e. The molecule has 26 heavy (non-hydrogen) atoms. The number of anilines is 1. The van der Waals surface area contributed by atoms with Gasteiger partial charge in [0.2, 0.25) is 0 Å². The Morgan fingerprint density at radius 2 is 1.73 bits per heavy atom. The second-order valence-electron chi connectivity index (χ2n) is 5.22. The Morgan fingerprint density at radius 3 is 2.38 bits per heavy atom. The van der Waals surface area contributed by atoms with Gasteiger partial charge in [-0.25, -0.2) is 0 Å². The molecule has 7 heteroatoms. The number of halogens is 1. The Bertz CT molecular complexity index is 733. The van der Waals surface area contributed by atoms with Gasteiger partial charge in [-0.2, -0.15) is 0 Å². The second-order valence-corrected chi connectivity index (χ2v) is 5.66. The van der Waals surface area contributed by atoms with Crippen molar-refractivity contribution in [2.75, 3.05) is 25.1 Å². The van der Waals surface area contributed by atoms with E-state index < -0.39 is 11.9 Å². The molecule has 1 N–H and O–H groups in total. The van der Waals surface area contributed by atoms with E-state index in [-0.39, 0.29) is 19.6 Å². The van der Waals surface area contributed by atoms with Gasteiger partial charge in [0.1, 0.15) is 11.5 Å². The van der Waals surface area contributed by atoms with Crippen molar-refractivity contribution in [1.29, 1.82) is 0 Å². The van der Waals surface area contributed by atoms with Crippen molar-refractivity contribution in [1.82, 2.24) is 0 Å². The smallest absolute Gasteiger partial charge is 0.309 e. The van der Waals surface area contributed by atoms with E-state index in [0.29, 0.717) is 23.1 Å². The van der Waals surface area contributed by atoms with Crippen LogP contribution < -0.4 is 14.8 Å². The van der Waals surface area contributed by atoms with Gasteiger partial charge in [-0.05, 0) is 49.4 Å². The van der Waals surface area contributed by atoms with Crippen LogP contribution in [0.2, 0.25) is 5.02 Å². The molecular formula is C19H20ClNO5. The number of hydrogen-bond acceptors (Lipinski definition) is 5. The summed E-state index contributed by atoms with van der Waals surface area (Å²) < 4.78 is 15.7. The lowest BCUT2D eigenvalue weighted by molar-refractivity contribution is -0.147. The molecule has 0 heterocycles. The lowest BCUT2D eigenvalue weighted by Crippen LogP contribution is -2.21. The first-order valence-electron chi connectivity index (χ1n) is 8.13. The molecular weight excluding hydrogens is 358 g/mol. The molecule has 0 aromatic heterocycles. The van der Waals surface area contributed by atoms with E-state index in [4.69, 9.17) is 25.8 Å². The van der Waals surface area contributed by atoms with Crippen LogP contribution in [0.3, 0.4) is 0 Å². The molecule has 2 aromatic carbocycles. The molecule has 0 aliphatic heterocycles. The fourth-order valence-corrected chi connectivity index (χ4v) is 2.22. The summed E-state index contributed by atoms with van der Waals surface area (Å²) in [6, 6.07) is 13.8. The number of ether oxygens (including phenoxy) is 3. The molecule has 2 aromatic rings. The minimum atomic E-state index is -0.516. The number of benzene rings is 2. The van der Waals surface area contributed by atoms with Crippen molar-refractivity contribution in [2.24, 2.45) is 0 Å². The Labute approximate surface area is 157 Å². The van der Waals surface area contributed by atoms with Gasteiger partial charge in [-0.3, -0.25) is 9.59 Å². The molecule has 0 saturated carbocycles. The van der Waals surface area contributed by atoms with E-state index in [0.717, 1.165) is 5.75 Å². The summed E-state index contributed by atoms with van der Waals surface area (Å²) in [5.74, 6) is 0.426. The maximum absolute atomic E-state index is 11.7. The monoisotopic (exact) mass is 377 g/mol. The second kappa shape index (κ2) is 10.3. The van der Waals surface area contributed by atoms with Gasteiger partial charge < -0.3 is 19.5 Å². The van der Waals surface area contributed by atoms with Crippen LogP contribution in [0.1, 0.15) is 13.3 Å². The number of carbonyl (C=O) groups excluding carboxylic acids is 2. The van der Waals surface area contributed by atoms with Crippen LogP contribution in [-0.2, 0) is 14.3 Å². The molecule has 0 saturated heterocycles. The van der Waals surface area contributed by atoms with Crippen LogP contribution in [0.4, 0.5) is 5.69 Å². The lowest BCUT2D eigenvalue weighted by Gasteiger charge is -2.08. The normalized spacial score (nSPS) is 10.1. The zero-order valence-corrected chi connectivity index (χ0v) is 15.1. The summed E-state index contributed by atoms with van der Waals surface area (Å²) in [6.45, 7) is 2.29. The van der Waals surface area contributed by atoms with E-state index in [1.165, 1.54) is 0 Å². The number of esters is 1. The zero-order valence-electron chi connectivity index (χ0n) is 14.4. The number of carbonyl (C=O) groups is 2. The predicted octanol–water partition coefficient (Wildman–Crippen LogP) is 3.69. The Hall–Kier alpha value is -2.73. The molecule has 0 radical (unpaired) electrons. The number of nitrogens with one attached hydrogen (secondary N) is 1. The van der Waals surface area contributed by atoms with Crippen LogP contribution in [0, 0.1) is 0 Å². The van der Waals surface area contributed by atoms with Crippen LogP contribution in [0.25, 0.3) is 0 Å². The van der Waals surface area contributed by atoms with E-state index in [9.17, 15) is 9.59 Å². The summed E-state index contributed by atoms with van der Waals surface area (Å²) in [4.78, 5) is 23.4. The van der Waals surface area contributed by atoms with E-state index in [2.05, 4.69) is 5.32 Å². The summed E-state index contributed by atoms with van der Waals surface area (Å²) in [5.41, 5.74) is 0.539. The highest BCUT2D eigenvalue weighted by Crippen LogP contribution is 2.17. The Kier molecular flexibility index (Phi) is 7.76. The molecule has 0 bridgehead atoms. The fourth-order valence-electron chi connectivity index (χ4n) is 2.03. The zero-order chi connectivity index (χ0) is 18.8. The highest BCUT2D eigenvalue weighted by molar-refractivity contribution is 6.30. The van der Waals surface area contributed by atoms with E-state index in [1.54, 1.807) is 48.5 Å². The summed E-state index contributed by atoms with van der Waals surface area (Å²) in [7, 11) is 0. The minimum absolute atomic E-state index is 0.0393. The van der Waals surface area contributed by atoms with Crippen molar-refractivity contribution in [2.45, 2.75) is 13.3 Å². The highest BCUT2D eigenvalue weighted by atomic mass is 35.5. The third-order valence-electron chi connectivity index (χ3n) is 3.18. The number of rotatable bonds is 9. The fraction of sp³-hybridized carbons (Fsp3) is 0.263. The van der Waals surface area contributed by atoms with Crippen molar-refractivity contribution in [3.63, 3.8) is 0 Å². The van der Waals surface area contributed by atoms with Crippen LogP contribution in [-0.4, -0.2) is 31.7 Å². The Balaban J connectivity index is 1.64. The van der Waals surface area contributed by atoms with Crippen molar-refractivity contribution < 1.29 is 23.8 Å². The molecule has 2 rings (SSSR count). The molecule has 0 atom stereocenters. The van der Waals surface area contributed by atoms with Gasteiger partial charge in [0.25, 0.3) is 5.91 Å². The standard InChI is InChI=1S/C19H20ClNO5/c1-2-24-16-6-8-17(9-7-16)25-11-10-19(23)26-13-18(22)21-15-5-3-4-14(20)12-15/h3-9,12H,2,10-11,13H2,1H3,(H,21,22). The molecule has 138 valence electrons. The first-order valence-corrected chi connectivity index (χ1v) is 8.51. The van der Waals surface area contributed by atoms with Gasteiger partial charge in [0.05, 0.1) is 19.6 Å². The molecule has 0 unspecified atom stereocenters. The van der Waals surface area contributed by atoms with E-state index in [1.807, 2.05) is 6.92 Å².